The SMILES string of the molecule is CN(C)c1ccc([C@@H]2Nc3ccccc3NC3=C2C(=O)C[C@H](c2cccs2)C3)cc1. The van der Waals surface area contributed by atoms with E-state index in [4.69, 9.17) is 0 Å². The van der Waals surface area contributed by atoms with E-state index in [1.807, 2.05) is 26.2 Å². The Hall–Kier alpha value is -3.05. The second-order valence-electron chi connectivity index (χ2n) is 8.17. The molecule has 4 nitrogen and oxygen atoms in total. The molecule has 0 spiro atoms. The zero-order chi connectivity index (χ0) is 20.7. The van der Waals surface area contributed by atoms with Gasteiger partial charge in [0.1, 0.15) is 0 Å². The summed E-state index contributed by atoms with van der Waals surface area (Å²) in [4.78, 5) is 16.8. The van der Waals surface area contributed by atoms with Crippen LogP contribution in [0, 0.1) is 0 Å². The van der Waals surface area contributed by atoms with Crippen LogP contribution in [0.4, 0.5) is 17.1 Å². The summed E-state index contributed by atoms with van der Waals surface area (Å²) in [5.74, 6) is 0.468. The largest absolute Gasteiger partial charge is 0.378 e. The second kappa shape index (κ2) is 7.65. The van der Waals surface area contributed by atoms with Crippen LogP contribution in [0.1, 0.15) is 35.2 Å². The second-order valence-corrected chi connectivity index (χ2v) is 9.15. The number of fused-ring (bicyclic) bond motifs is 1. The van der Waals surface area contributed by atoms with Gasteiger partial charge in [-0.1, -0.05) is 30.3 Å². The maximum Gasteiger partial charge on any atom is 0.163 e. The number of nitrogens with one attached hydrogen (secondary N) is 2. The maximum atomic E-state index is 13.5. The molecule has 3 aromatic rings. The lowest BCUT2D eigenvalue weighted by Gasteiger charge is -2.29. The molecule has 0 fully saturated rings. The molecule has 5 heteroatoms. The summed E-state index contributed by atoms with van der Waals surface area (Å²) in [6, 6.07) is 20.7. The van der Waals surface area contributed by atoms with E-state index in [0.717, 1.165) is 40.3 Å². The van der Waals surface area contributed by atoms with Gasteiger partial charge in [-0.15, -0.1) is 11.3 Å². The van der Waals surface area contributed by atoms with E-state index in [9.17, 15) is 4.79 Å². The molecule has 5 rings (SSSR count). The van der Waals surface area contributed by atoms with Gasteiger partial charge in [-0.3, -0.25) is 4.79 Å². The van der Waals surface area contributed by atoms with Crippen molar-refractivity contribution in [3.63, 3.8) is 0 Å². The number of benzene rings is 2. The minimum absolute atomic E-state index is 0.163. The first-order chi connectivity index (χ1) is 14.6. The number of ketones is 1. The number of hydrogen-bond acceptors (Lipinski definition) is 5. The topological polar surface area (TPSA) is 44.4 Å². The van der Waals surface area contributed by atoms with E-state index in [1.165, 1.54) is 4.88 Å². The van der Waals surface area contributed by atoms with Gasteiger partial charge >= 0.3 is 0 Å². The van der Waals surface area contributed by atoms with Crippen molar-refractivity contribution in [2.75, 3.05) is 29.6 Å². The summed E-state index contributed by atoms with van der Waals surface area (Å²) < 4.78 is 0. The molecule has 0 saturated carbocycles. The van der Waals surface area contributed by atoms with Gasteiger partial charge in [0, 0.05) is 48.3 Å². The zero-order valence-corrected chi connectivity index (χ0v) is 18.0. The number of para-hydroxylation sites is 2. The molecule has 2 aromatic carbocycles. The van der Waals surface area contributed by atoms with Gasteiger partial charge in [-0.05, 0) is 47.7 Å². The normalized spacial score (nSPS) is 20.5. The Kier molecular flexibility index (Phi) is 4.83. The molecule has 2 atom stereocenters. The molecule has 2 N–H and O–H groups in total. The zero-order valence-electron chi connectivity index (χ0n) is 17.2. The Morgan fingerprint density at radius 1 is 0.933 bits per heavy atom. The lowest BCUT2D eigenvalue weighted by atomic mass is 9.81. The van der Waals surface area contributed by atoms with E-state index in [-0.39, 0.29) is 17.7 Å². The van der Waals surface area contributed by atoms with Crippen molar-refractivity contribution < 1.29 is 4.79 Å². The molecule has 30 heavy (non-hydrogen) atoms. The van der Waals surface area contributed by atoms with Crippen LogP contribution in [0.25, 0.3) is 0 Å². The predicted molar refractivity (Wildman–Crippen MR) is 126 cm³/mol. The van der Waals surface area contributed by atoms with Gasteiger partial charge in [0.2, 0.25) is 0 Å². The highest BCUT2D eigenvalue weighted by atomic mass is 32.1. The van der Waals surface area contributed by atoms with Gasteiger partial charge in [0.05, 0.1) is 17.4 Å². The van der Waals surface area contributed by atoms with E-state index in [0.29, 0.717) is 6.42 Å². The maximum absolute atomic E-state index is 13.5. The van der Waals surface area contributed by atoms with Crippen LogP contribution in [0.15, 0.2) is 77.3 Å². The molecule has 0 amide bonds. The summed E-state index contributed by atoms with van der Waals surface area (Å²) in [6.45, 7) is 0. The van der Waals surface area contributed by atoms with Crippen LogP contribution in [0.2, 0.25) is 0 Å². The minimum atomic E-state index is -0.163. The number of carbonyl (C=O) groups is 1. The van der Waals surface area contributed by atoms with Crippen LogP contribution in [-0.4, -0.2) is 19.9 Å². The van der Waals surface area contributed by atoms with Gasteiger partial charge in [0.25, 0.3) is 0 Å². The fourth-order valence-electron chi connectivity index (χ4n) is 4.43. The van der Waals surface area contributed by atoms with Crippen LogP contribution in [0.5, 0.6) is 0 Å². The molecule has 0 unspecified atom stereocenters. The summed E-state index contributed by atoms with van der Waals surface area (Å²) in [6.07, 6.45) is 1.41. The number of nitrogens with zero attached hydrogens (tertiary/aromatic N) is 1. The van der Waals surface area contributed by atoms with Crippen molar-refractivity contribution in [1.82, 2.24) is 0 Å². The third-order valence-corrected chi connectivity index (χ3v) is 7.03. The molecule has 0 radical (unpaired) electrons. The summed E-state index contributed by atoms with van der Waals surface area (Å²) in [5, 5.41) is 9.35. The smallest absolute Gasteiger partial charge is 0.163 e. The number of Topliss-reactive ketones (excluding diaryl/α,β-unsaturated/α-hetero) is 1. The van der Waals surface area contributed by atoms with Crippen molar-refractivity contribution >= 4 is 34.2 Å². The standard InChI is InChI=1S/C25H25N3OS/c1-28(2)18-11-9-16(10-12-18)25-24-21(26-19-6-3-4-7-20(19)27-25)14-17(15-22(24)29)23-8-5-13-30-23/h3-13,17,25-27H,14-15H2,1-2H3/t17-,25+/m1/s1. The number of allylic oxidation sites excluding steroid dienone is 1. The van der Waals surface area contributed by atoms with Crippen molar-refractivity contribution in [2.24, 2.45) is 0 Å². The summed E-state index contributed by atoms with van der Waals surface area (Å²) in [5.41, 5.74) is 6.22. The van der Waals surface area contributed by atoms with Crippen LogP contribution < -0.4 is 15.5 Å². The van der Waals surface area contributed by atoms with Gasteiger partial charge in [-0.2, -0.15) is 0 Å². The van der Waals surface area contributed by atoms with E-state index >= 15 is 0 Å². The monoisotopic (exact) mass is 415 g/mol. The molecule has 0 saturated heterocycles. The first-order valence-electron chi connectivity index (χ1n) is 10.3. The van der Waals surface area contributed by atoms with Crippen LogP contribution in [-0.2, 0) is 4.79 Å². The fourth-order valence-corrected chi connectivity index (χ4v) is 5.26. The van der Waals surface area contributed by atoms with E-state index in [1.54, 1.807) is 11.3 Å². The van der Waals surface area contributed by atoms with Crippen molar-refractivity contribution in [3.8, 4) is 0 Å². The molecule has 1 aromatic heterocycles. The number of rotatable bonds is 3. The van der Waals surface area contributed by atoms with E-state index in [2.05, 4.69) is 69.4 Å². The molecule has 0 bridgehead atoms. The highest BCUT2D eigenvalue weighted by molar-refractivity contribution is 7.10. The first-order valence-corrected chi connectivity index (χ1v) is 11.2. The number of thiophene rings is 1. The quantitative estimate of drug-likeness (QED) is 0.568. The number of carbonyl (C=O) groups excluding carboxylic acids is 1. The van der Waals surface area contributed by atoms with Gasteiger partial charge < -0.3 is 15.5 Å². The molecule has 2 heterocycles. The average molecular weight is 416 g/mol. The van der Waals surface area contributed by atoms with Gasteiger partial charge in [-0.25, -0.2) is 0 Å². The molecule has 152 valence electrons. The Bertz CT molecular complexity index is 1100. The van der Waals surface area contributed by atoms with Crippen molar-refractivity contribution in [2.45, 2.75) is 24.8 Å². The fraction of sp³-hybridized carbons (Fsp3) is 0.240. The van der Waals surface area contributed by atoms with Crippen molar-refractivity contribution in [3.05, 3.63) is 87.8 Å². The molecule has 2 aliphatic rings. The van der Waals surface area contributed by atoms with Gasteiger partial charge in [0.15, 0.2) is 5.78 Å². The summed E-state index contributed by atoms with van der Waals surface area (Å²) in [7, 11) is 4.07. The Morgan fingerprint density at radius 2 is 1.70 bits per heavy atom. The Morgan fingerprint density at radius 3 is 2.40 bits per heavy atom. The lowest BCUT2D eigenvalue weighted by molar-refractivity contribution is -0.116. The van der Waals surface area contributed by atoms with Crippen molar-refractivity contribution in [1.29, 1.82) is 0 Å². The van der Waals surface area contributed by atoms with Crippen LogP contribution in [0.3, 0.4) is 0 Å². The lowest BCUT2D eigenvalue weighted by Crippen LogP contribution is -2.26. The first kappa shape index (κ1) is 18.9. The molecule has 1 aliphatic heterocycles. The Balaban J connectivity index is 1.59. The highest BCUT2D eigenvalue weighted by Crippen LogP contribution is 2.44. The Labute approximate surface area is 181 Å². The molecular weight excluding hydrogens is 390 g/mol. The average Bonchev–Trinajstić information content (AvgIpc) is 3.23. The predicted octanol–water partition coefficient (Wildman–Crippen LogP) is 5.79. The van der Waals surface area contributed by atoms with Crippen LogP contribution >= 0.6 is 11.3 Å². The molecule has 1 aliphatic carbocycles. The third kappa shape index (κ3) is 3.39. The number of hydrogen-bond donors (Lipinski definition) is 2. The third-order valence-electron chi connectivity index (χ3n) is 6.00. The molecular formula is C25H25N3OS. The van der Waals surface area contributed by atoms with E-state index < -0.39 is 0 Å². The minimum Gasteiger partial charge on any atom is -0.378 e. The number of anilines is 3. The highest BCUT2D eigenvalue weighted by Gasteiger charge is 2.36. The summed E-state index contributed by atoms with van der Waals surface area (Å²) >= 11 is 1.74.